The summed E-state index contributed by atoms with van der Waals surface area (Å²) >= 11 is 3.48. The second-order valence-corrected chi connectivity index (χ2v) is 9.26. The Labute approximate surface area is 200 Å². The van der Waals surface area contributed by atoms with Crippen LogP contribution >= 0.6 is 15.9 Å². The van der Waals surface area contributed by atoms with Crippen molar-refractivity contribution in [2.45, 2.75) is 58.5 Å². The minimum Gasteiger partial charge on any atom is -0.294 e. The number of hydrogen-bond donors (Lipinski definition) is 0. The van der Waals surface area contributed by atoms with E-state index in [-0.39, 0.29) is 5.56 Å². The van der Waals surface area contributed by atoms with Crippen LogP contribution < -0.4 is 5.56 Å². The van der Waals surface area contributed by atoms with E-state index >= 15 is 0 Å². The molecular formula is C24H26BrN7O. The summed E-state index contributed by atoms with van der Waals surface area (Å²) in [6.07, 6.45) is 9.18. The molecular weight excluding hydrogens is 482 g/mol. The topological polar surface area (TPSA) is 82.4 Å². The Bertz CT molecular complexity index is 1370. The van der Waals surface area contributed by atoms with Crippen LogP contribution in [0.25, 0.3) is 16.9 Å². The summed E-state index contributed by atoms with van der Waals surface area (Å²) in [6, 6.07) is 10.2. The lowest BCUT2D eigenvalue weighted by Gasteiger charge is -2.12. The molecule has 3 aromatic heterocycles. The number of aromatic nitrogens is 6. The van der Waals surface area contributed by atoms with Crippen molar-refractivity contribution >= 4 is 32.1 Å². The van der Waals surface area contributed by atoms with Crippen molar-refractivity contribution in [2.75, 3.05) is 0 Å². The average Bonchev–Trinajstić information content (AvgIpc) is 3.56. The van der Waals surface area contributed by atoms with E-state index in [1.54, 1.807) is 4.40 Å². The zero-order valence-electron chi connectivity index (χ0n) is 18.6. The summed E-state index contributed by atoms with van der Waals surface area (Å²) in [6.45, 7) is 3.70. The molecule has 0 atom stereocenters. The molecule has 0 amide bonds. The van der Waals surface area contributed by atoms with Gasteiger partial charge >= 0.3 is 0 Å². The van der Waals surface area contributed by atoms with E-state index < -0.39 is 0 Å². The van der Waals surface area contributed by atoms with Gasteiger partial charge in [0.1, 0.15) is 11.6 Å². The van der Waals surface area contributed by atoms with Crippen LogP contribution in [0.4, 0.5) is 5.82 Å². The highest BCUT2D eigenvalue weighted by molar-refractivity contribution is 9.18. The number of aliphatic imine (C=N–C) groups is 1. The Morgan fingerprint density at radius 3 is 2.70 bits per heavy atom. The number of hydrogen-bond acceptors (Lipinski definition) is 5. The predicted molar refractivity (Wildman–Crippen MR) is 132 cm³/mol. The molecule has 1 aromatic carbocycles. The zero-order valence-corrected chi connectivity index (χ0v) is 20.2. The van der Waals surface area contributed by atoms with Crippen LogP contribution in [0.3, 0.4) is 0 Å². The van der Waals surface area contributed by atoms with Gasteiger partial charge in [-0.25, -0.2) is 9.39 Å². The minimum atomic E-state index is -0.0598. The molecule has 0 spiro atoms. The Morgan fingerprint density at radius 1 is 1.03 bits per heavy atom. The Balaban J connectivity index is 1.37. The average molecular weight is 508 g/mol. The van der Waals surface area contributed by atoms with Crippen molar-refractivity contribution in [3.8, 4) is 11.1 Å². The summed E-state index contributed by atoms with van der Waals surface area (Å²) in [4.78, 5) is 17.9. The van der Waals surface area contributed by atoms with Gasteiger partial charge in [-0.1, -0.05) is 50.1 Å². The van der Waals surface area contributed by atoms with Crippen LogP contribution in [0.15, 0.2) is 52.5 Å². The number of fused-ring (bicyclic) bond motifs is 2. The molecule has 4 aromatic rings. The van der Waals surface area contributed by atoms with Gasteiger partial charge in [0, 0.05) is 37.7 Å². The lowest BCUT2D eigenvalue weighted by Crippen LogP contribution is -2.24. The fourth-order valence-corrected chi connectivity index (χ4v) is 4.76. The van der Waals surface area contributed by atoms with Gasteiger partial charge < -0.3 is 0 Å². The maximum atomic E-state index is 13.3. The van der Waals surface area contributed by atoms with Crippen molar-refractivity contribution in [1.82, 2.24) is 28.9 Å². The summed E-state index contributed by atoms with van der Waals surface area (Å²) in [5.74, 6) is 2.00. The number of nitrogens with zero attached hydrogens (tertiary/aromatic N) is 7. The van der Waals surface area contributed by atoms with E-state index in [4.69, 9.17) is 0 Å². The Kier molecular flexibility index (Phi) is 6.22. The second-order valence-electron chi connectivity index (χ2n) is 8.34. The predicted octanol–water partition coefficient (Wildman–Crippen LogP) is 4.56. The molecule has 0 saturated carbocycles. The summed E-state index contributed by atoms with van der Waals surface area (Å²) in [5, 5.41) is 13.3. The summed E-state index contributed by atoms with van der Waals surface area (Å²) < 4.78 is 6.47. The van der Waals surface area contributed by atoms with Gasteiger partial charge in [0.2, 0.25) is 5.78 Å². The molecule has 33 heavy (non-hydrogen) atoms. The van der Waals surface area contributed by atoms with Crippen LogP contribution in [0.1, 0.15) is 44.0 Å². The van der Waals surface area contributed by atoms with E-state index in [2.05, 4.69) is 66.0 Å². The van der Waals surface area contributed by atoms with E-state index in [1.807, 2.05) is 29.1 Å². The van der Waals surface area contributed by atoms with Gasteiger partial charge in [-0.2, -0.15) is 5.10 Å². The molecule has 4 heterocycles. The van der Waals surface area contributed by atoms with Gasteiger partial charge in [0.15, 0.2) is 0 Å². The zero-order chi connectivity index (χ0) is 22.8. The number of halogens is 1. The molecule has 8 nitrogen and oxygen atoms in total. The first-order chi connectivity index (χ1) is 16.2. The number of benzene rings is 1. The highest BCUT2D eigenvalue weighted by atomic mass is 79.9. The van der Waals surface area contributed by atoms with Crippen molar-refractivity contribution in [3.63, 3.8) is 0 Å². The first-order valence-electron chi connectivity index (χ1n) is 11.5. The van der Waals surface area contributed by atoms with Gasteiger partial charge in [-0.3, -0.25) is 14.0 Å². The van der Waals surface area contributed by atoms with Gasteiger partial charge in [0.05, 0.1) is 16.4 Å². The maximum Gasteiger partial charge on any atom is 0.266 e. The van der Waals surface area contributed by atoms with E-state index in [1.165, 1.54) is 0 Å². The van der Waals surface area contributed by atoms with E-state index in [0.29, 0.717) is 30.0 Å². The van der Waals surface area contributed by atoms with E-state index in [0.717, 1.165) is 60.3 Å². The summed E-state index contributed by atoms with van der Waals surface area (Å²) in [5.41, 5.74) is 2.90. The lowest BCUT2D eigenvalue weighted by molar-refractivity contribution is 0.567. The van der Waals surface area contributed by atoms with Crippen LogP contribution in [-0.4, -0.2) is 33.6 Å². The molecule has 5 rings (SSSR count). The van der Waals surface area contributed by atoms with Gasteiger partial charge in [-0.05, 0) is 34.3 Å². The number of aryl methyl sites for hydroxylation is 3. The number of unbranched alkanes of at least 4 members (excludes halogenated alkanes) is 2. The summed E-state index contributed by atoms with van der Waals surface area (Å²) in [7, 11) is 0. The van der Waals surface area contributed by atoms with Crippen LogP contribution in [0.5, 0.6) is 0 Å². The largest absolute Gasteiger partial charge is 0.294 e. The highest BCUT2D eigenvalue weighted by Gasteiger charge is 2.25. The Morgan fingerprint density at radius 2 is 1.88 bits per heavy atom. The molecule has 170 valence electrons. The molecule has 0 fully saturated rings. The smallest absolute Gasteiger partial charge is 0.266 e. The third-order valence-corrected chi connectivity index (χ3v) is 6.46. The van der Waals surface area contributed by atoms with Crippen LogP contribution in [-0.2, 0) is 25.9 Å². The van der Waals surface area contributed by atoms with Crippen molar-refractivity contribution in [1.29, 1.82) is 0 Å². The fraction of sp³-hybridized carbons (Fsp3) is 0.375. The quantitative estimate of drug-likeness (QED) is 0.311. The molecule has 0 N–H and O–H groups in total. The molecule has 0 bridgehead atoms. The standard InChI is InChI=1S/C24H26BrN7O/c1-2-3-7-13-31-22-19(14-20(25)27-22)23(33)32-21(28-29-24(31)32)11-8-12-30-16-18(15-26-30)17-9-5-4-6-10-17/h4-6,9-10,15-16H,2-3,7-8,11-14H2,1H3. The van der Waals surface area contributed by atoms with Crippen LogP contribution in [0, 0.1) is 0 Å². The highest BCUT2D eigenvalue weighted by Crippen LogP contribution is 2.28. The molecule has 0 saturated heterocycles. The molecule has 0 unspecified atom stereocenters. The van der Waals surface area contributed by atoms with Gasteiger partial charge in [-0.15, -0.1) is 10.2 Å². The first kappa shape index (κ1) is 21.8. The van der Waals surface area contributed by atoms with Gasteiger partial charge in [0.25, 0.3) is 5.56 Å². The van der Waals surface area contributed by atoms with Crippen LogP contribution in [0.2, 0.25) is 0 Å². The fourth-order valence-electron chi connectivity index (χ4n) is 4.31. The second kappa shape index (κ2) is 9.43. The monoisotopic (exact) mass is 507 g/mol. The third kappa shape index (κ3) is 4.29. The SMILES string of the molecule is CCCCCn1c2c(c(=O)n3c(CCCn4cc(-c5ccccc5)cn4)nnc13)CC(Br)=N2. The van der Waals surface area contributed by atoms with Crippen molar-refractivity contribution in [2.24, 2.45) is 4.99 Å². The molecule has 0 aliphatic carbocycles. The minimum absolute atomic E-state index is 0.0598. The maximum absolute atomic E-state index is 13.3. The Hall–Kier alpha value is -3.07. The first-order valence-corrected chi connectivity index (χ1v) is 12.3. The molecule has 1 aliphatic rings. The molecule has 1 aliphatic heterocycles. The normalized spacial score (nSPS) is 13.0. The molecule has 9 heteroatoms. The third-order valence-electron chi connectivity index (χ3n) is 6.00. The van der Waals surface area contributed by atoms with Crippen molar-refractivity contribution < 1.29 is 0 Å². The van der Waals surface area contributed by atoms with Crippen molar-refractivity contribution in [3.05, 3.63) is 64.5 Å². The number of rotatable bonds is 9. The van der Waals surface area contributed by atoms with E-state index in [9.17, 15) is 4.79 Å². The molecule has 0 radical (unpaired) electrons. The lowest BCUT2D eigenvalue weighted by atomic mass is 10.1.